The molecular weight excluding hydrogens is 374 g/mol. The number of hydrogen-bond donors (Lipinski definition) is 2. The van der Waals surface area contributed by atoms with Crippen LogP contribution in [0, 0.1) is 11.6 Å². The minimum Gasteiger partial charge on any atom is -0.350 e. The lowest BCUT2D eigenvalue weighted by atomic mass is 10.1. The Morgan fingerprint density at radius 2 is 1.74 bits per heavy atom. The summed E-state index contributed by atoms with van der Waals surface area (Å²) in [4.78, 5) is 20.1. The zero-order valence-corrected chi connectivity index (χ0v) is 14.8. The summed E-state index contributed by atoms with van der Waals surface area (Å²) < 4.78 is 27.4. The van der Waals surface area contributed by atoms with Gasteiger partial charge in [-0.25, -0.2) is 18.7 Å². The molecule has 138 valence electrons. The number of benzene rings is 2. The molecular formula is C19H15ClF2N4O. The van der Waals surface area contributed by atoms with Crippen molar-refractivity contribution in [1.29, 1.82) is 0 Å². The smallest absolute Gasteiger partial charge is 0.270 e. The van der Waals surface area contributed by atoms with E-state index in [1.54, 1.807) is 12.1 Å². The van der Waals surface area contributed by atoms with Crippen LogP contribution in [0.3, 0.4) is 0 Å². The summed E-state index contributed by atoms with van der Waals surface area (Å²) >= 11 is 5.83. The van der Waals surface area contributed by atoms with Gasteiger partial charge in [0, 0.05) is 17.8 Å². The molecule has 0 aliphatic rings. The molecule has 2 aromatic carbocycles. The fraction of sp³-hybridized carbons (Fsp3) is 0.105. The first-order valence-corrected chi connectivity index (χ1v) is 8.47. The van der Waals surface area contributed by atoms with E-state index in [9.17, 15) is 13.6 Å². The molecule has 0 saturated carbocycles. The Hall–Kier alpha value is -3.06. The van der Waals surface area contributed by atoms with Gasteiger partial charge in [-0.05, 0) is 42.3 Å². The van der Waals surface area contributed by atoms with Gasteiger partial charge in [-0.1, -0.05) is 29.8 Å². The molecule has 1 amide bonds. The molecule has 0 unspecified atom stereocenters. The van der Waals surface area contributed by atoms with E-state index in [1.165, 1.54) is 18.3 Å². The fourth-order valence-corrected chi connectivity index (χ4v) is 2.46. The second kappa shape index (κ2) is 8.55. The Morgan fingerprint density at radius 1 is 1.04 bits per heavy atom. The molecule has 8 heteroatoms. The summed E-state index contributed by atoms with van der Waals surface area (Å²) in [6.45, 7) is 0.398. The first-order valence-electron chi connectivity index (χ1n) is 8.09. The van der Waals surface area contributed by atoms with Crippen molar-refractivity contribution in [3.63, 3.8) is 0 Å². The number of nitrogens with one attached hydrogen (secondary N) is 2. The van der Waals surface area contributed by atoms with Gasteiger partial charge in [-0.2, -0.15) is 0 Å². The van der Waals surface area contributed by atoms with Crippen LogP contribution in [0.1, 0.15) is 16.1 Å². The van der Waals surface area contributed by atoms with Gasteiger partial charge >= 0.3 is 0 Å². The second-order valence-corrected chi connectivity index (χ2v) is 6.06. The van der Waals surface area contributed by atoms with Gasteiger partial charge in [0.15, 0.2) is 0 Å². The summed E-state index contributed by atoms with van der Waals surface area (Å²) in [5.41, 5.74) is 0.734. The molecule has 0 aliphatic heterocycles. The van der Waals surface area contributed by atoms with Crippen LogP contribution in [-0.2, 0) is 6.42 Å². The average molecular weight is 389 g/mol. The van der Waals surface area contributed by atoms with Gasteiger partial charge in [0.1, 0.15) is 23.0 Å². The highest BCUT2D eigenvalue weighted by atomic mass is 35.5. The number of amides is 1. The van der Waals surface area contributed by atoms with Gasteiger partial charge < -0.3 is 10.6 Å². The van der Waals surface area contributed by atoms with E-state index in [0.717, 1.165) is 17.7 Å². The highest BCUT2D eigenvalue weighted by Crippen LogP contribution is 2.21. The Morgan fingerprint density at radius 3 is 2.44 bits per heavy atom. The van der Waals surface area contributed by atoms with E-state index < -0.39 is 17.5 Å². The van der Waals surface area contributed by atoms with Crippen molar-refractivity contribution in [2.45, 2.75) is 6.42 Å². The molecule has 0 atom stereocenters. The van der Waals surface area contributed by atoms with E-state index in [1.807, 2.05) is 12.1 Å². The summed E-state index contributed by atoms with van der Waals surface area (Å²) in [5.74, 6) is -2.05. The quantitative estimate of drug-likeness (QED) is 0.666. The molecule has 0 fully saturated rings. The third-order valence-electron chi connectivity index (χ3n) is 3.70. The molecule has 0 spiro atoms. The van der Waals surface area contributed by atoms with Crippen molar-refractivity contribution < 1.29 is 13.6 Å². The molecule has 3 aromatic rings. The number of nitrogens with zero attached hydrogens (tertiary/aromatic N) is 2. The zero-order chi connectivity index (χ0) is 19.2. The summed E-state index contributed by atoms with van der Waals surface area (Å²) in [6, 6.07) is 12.2. The van der Waals surface area contributed by atoms with Crippen molar-refractivity contribution in [3.8, 4) is 0 Å². The van der Waals surface area contributed by atoms with E-state index in [2.05, 4.69) is 20.6 Å². The standard InChI is InChI=1S/C19H15ClF2N4O/c20-13-6-4-12(5-7-13)8-10-23-18(27)16-9-11-24-19(25-16)26-17-14(21)2-1-3-15(17)22/h1-7,9,11H,8,10H2,(H,23,27)(H,24,25,26). The predicted molar refractivity (Wildman–Crippen MR) is 99.2 cm³/mol. The van der Waals surface area contributed by atoms with Gasteiger partial charge in [0.25, 0.3) is 5.91 Å². The third-order valence-corrected chi connectivity index (χ3v) is 3.95. The van der Waals surface area contributed by atoms with Crippen molar-refractivity contribution >= 4 is 29.1 Å². The van der Waals surface area contributed by atoms with Gasteiger partial charge in [-0.3, -0.25) is 4.79 Å². The van der Waals surface area contributed by atoms with E-state index in [4.69, 9.17) is 11.6 Å². The SMILES string of the molecule is O=C(NCCc1ccc(Cl)cc1)c1ccnc(Nc2c(F)cccc2F)n1. The molecule has 0 radical (unpaired) electrons. The number of halogens is 3. The molecule has 3 rings (SSSR count). The molecule has 1 aromatic heterocycles. The maximum atomic E-state index is 13.7. The number of para-hydroxylation sites is 1. The maximum Gasteiger partial charge on any atom is 0.270 e. The van der Waals surface area contributed by atoms with Crippen LogP contribution < -0.4 is 10.6 Å². The van der Waals surface area contributed by atoms with Crippen LogP contribution in [-0.4, -0.2) is 22.4 Å². The average Bonchev–Trinajstić information content (AvgIpc) is 2.66. The van der Waals surface area contributed by atoms with Crippen LogP contribution in [0.15, 0.2) is 54.7 Å². The second-order valence-electron chi connectivity index (χ2n) is 5.62. The molecule has 0 bridgehead atoms. The monoisotopic (exact) mass is 388 g/mol. The number of carbonyl (C=O) groups is 1. The molecule has 5 nitrogen and oxygen atoms in total. The molecule has 0 aliphatic carbocycles. The Labute approximate surface area is 159 Å². The number of anilines is 2. The Bertz CT molecular complexity index is 930. The number of carbonyl (C=O) groups excluding carboxylic acids is 1. The Kier molecular flexibility index (Phi) is 5.93. The normalized spacial score (nSPS) is 10.5. The summed E-state index contributed by atoms with van der Waals surface area (Å²) in [6.07, 6.45) is 1.96. The lowest BCUT2D eigenvalue weighted by molar-refractivity contribution is 0.0949. The molecule has 27 heavy (non-hydrogen) atoms. The van der Waals surface area contributed by atoms with Crippen LogP contribution in [0.4, 0.5) is 20.4 Å². The third kappa shape index (κ3) is 4.98. The first kappa shape index (κ1) is 18.7. The largest absolute Gasteiger partial charge is 0.350 e. The van der Waals surface area contributed by atoms with Gasteiger partial charge in [0.2, 0.25) is 5.95 Å². The summed E-state index contributed by atoms with van der Waals surface area (Å²) in [7, 11) is 0. The van der Waals surface area contributed by atoms with Crippen molar-refractivity contribution in [1.82, 2.24) is 15.3 Å². The van der Waals surface area contributed by atoms with E-state index >= 15 is 0 Å². The Balaban J connectivity index is 1.62. The minimum atomic E-state index is -0.781. The van der Waals surface area contributed by atoms with Crippen molar-refractivity contribution in [2.24, 2.45) is 0 Å². The minimum absolute atomic E-state index is 0.0793. The lowest BCUT2D eigenvalue weighted by Gasteiger charge is -2.09. The maximum absolute atomic E-state index is 13.7. The number of aromatic nitrogens is 2. The van der Waals surface area contributed by atoms with Crippen molar-refractivity contribution in [2.75, 3.05) is 11.9 Å². The zero-order valence-electron chi connectivity index (χ0n) is 14.0. The van der Waals surface area contributed by atoms with Gasteiger partial charge in [0.05, 0.1) is 0 Å². The van der Waals surface area contributed by atoms with Crippen LogP contribution in [0.2, 0.25) is 5.02 Å². The number of hydrogen-bond acceptors (Lipinski definition) is 4. The first-order chi connectivity index (χ1) is 13.0. The van der Waals surface area contributed by atoms with Crippen LogP contribution in [0.5, 0.6) is 0 Å². The fourth-order valence-electron chi connectivity index (χ4n) is 2.34. The van der Waals surface area contributed by atoms with Crippen molar-refractivity contribution in [3.05, 3.63) is 82.6 Å². The molecule has 1 heterocycles. The molecule has 0 saturated heterocycles. The topological polar surface area (TPSA) is 66.9 Å². The summed E-state index contributed by atoms with van der Waals surface area (Å²) in [5, 5.41) is 5.84. The van der Waals surface area contributed by atoms with Gasteiger partial charge in [-0.15, -0.1) is 0 Å². The number of rotatable bonds is 6. The van der Waals surface area contributed by atoms with Crippen LogP contribution >= 0.6 is 11.6 Å². The highest BCUT2D eigenvalue weighted by molar-refractivity contribution is 6.30. The highest BCUT2D eigenvalue weighted by Gasteiger charge is 2.12. The molecule has 2 N–H and O–H groups in total. The van der Waals surface area contributed by atoms with E-state index in [-0.39, 0.29) is 17.3 Å². The van der Waals surface area contributed by atoms with E-state index in [0.29, 0.717) is 18.0 Å². The predicted octanol–water partition coefficient (Wildman–Crippen LogP) is 4.12. The van der Waals surface area contributed by atoms with Crippen LogP contribution in [0.25, 0.3) is 0 Å². The lowest BCUT2D eigenvalue weighted by Crippen LogP contribution is -2.26.